The molecule has 3 nitrogen and oxygen atoms in total. The van der Waals surface area contributed by atoms with Gasteiger partial charge in [-0.3, -0.25) is 0 Å². The topological polar surface area (TPSA) is 94.5 Å². The van der Waals surface area contributed by atoms with Crippen LogP contribution in [0.4, 0.5) is 39.5 Å². The fourth-order valence-electron chi connectivity index (χ4n) is 0.557. The molecule has 0 saturated carbocycles. The second-order valence-corrected chi connectivity index (χ2v) is 4.89. The molecule has 0 bridgehead atoms. The van der Waals surface area contributed by atoms with E-state index in [0.29, 0.717) is 0 Å². The Morgan fingerprint density at radius 2 is 0.579 bits per heavy atom. The minimum Gasteiger partial charge on any atom is -0.412 e. The molecule has 14 heteroatoms. The van der Waals surface area contributed by atoms with Crippen LogP contribution >= 0.6 is 0 Å². The molecule has 0 fully saturated rings. The second kappa shape index (κ2) is 12.1. The lowest BCUT2D eigenvalue weighted by atomic mass is 11.4. The monoisotopic (exact) mass is 347 g/mol. The summed E-state index contributed by atoms with van der Waals surface area (Å²) in [5, 5.41) is -18.7. The van der Waals surface area contributed by atoms with E-state index >= 15 is 0 Å². The first kappa shape index (κ1) is 42.7. The summed E-state index contributed by atoms with van der Waals surface area (Å²) >= 11 is -6.80. The highest BCUT2D eigenvalue weighted by Crippen LogP contribution is 2.40. The van der Waals surface area contributed by atoms with Crippen LogP contribution in [0.1, 0.15) is 14.9 Å². The van der Waals surface area contributed by atoms with Gasteiger partial charge >= 0.3 is 29.3 Å². The van der Waals surface area contributed by atoms with E-state index in [0.717, 1.165) is 0 Å². The van der Waals surface area contributed by atoms with E-state index in [9.17, 15) is 39.5 Å². The van der Waals surface area contributed by atoms with Crippen LogP contribution in [0.5, 0.6) is 0 Å². The quantitative estimate of drug-likeness (QED) is 0.465. The first-order valence-corrected chi connectivity index (χ1v) is 4.30. The van der Waals surface area contributed by atoms with Crippen molar-refractivity contribution in [3.63, 3.8) is 0 Å². The number of hydrogen-bond acceptors (Lipinski definition) is 0. The second-order valence-electron chi connectivity index (χ2n) is 2.06. The molecule has 3 radical (unpaired) electrons. The third-order valence-electron chi connectivity index (χ3n) is 0.982. The summed E-state index contributed by atoms with van der Waals surface area (Å²) in [4.78, 5) is 0. The molecule has 0 aliphatic heterocycles. The van der Waals surface area contributed by atoms with Gasteiger partial charge in [0.25, 0.3) is 0 Å². The number of hydrogen-bond donors (Lipinski definition) is 0. The standard InChI is InChI=1S/3CF3.2CH4.2Al.3H2O/c3*2-1(3)4;;;;;;;/h;;;2*1H4;;;3*1H2. The van der Waals surface area contributed by atoms with Crippen LogP contribution in [0.3, 0.4) is 0 Å². The Hall–Kier alpha value is 0.315. The molecule has 0 unspecified atom stereocenters. The van der Waals surface area contributed by atoms with E-state index < -0.39 is 29.3 Å². The molecule has 0 aliphatic carbocycles. The third kappa shape index (κ3) is 14.5. The van der Waals surface area contributed by atoms with Crippen LogP contribution in [0, 0.1) is 0 Å². The fourth-order valence-corrected chi connectivity index (χ4v) is 1.67. The van der Waals surface area contributed by atoms with E-state index in [2.05, 4.69) is 0 Å². The lowest BCUT2D eigenvalue weighted by Crippen LogP contribution is -2.57. The van der Waals surface area contributed by atoms with Crippen molar-refractivity contribution in [1.29, 1.82) is 0 Å². The number of rotatable bonds is 0. The summed E-state index contributed by atoms with van der Waals surface area (Å²) < 4.78 is 102. The smallest absolute Gasteiger partial charge is 0.412 e. The predicted octanol–water partition coefficient (Wildman–Crippen LogP) is 1.20. The molecule has 121 valence electrons. The summed E-state index contributed by atoms with van der Waals surface area (Å²) in [7, 11) is 0. The first-order valence-electron chi connectivity index (χ1n) is 2.57. The maximum absolute atomic E-state index is 11.3. The molecular formula is C5H14Al2F9O3. The maximum atomic E-state index is 11.3. The molecule has 0 spiro atoms. The lowest BCUT2D eigenvalue weighted by Gasteiger charge is -2.19. The molecule has 0 rings (SSSR count). The highest BCUT2D eigenvalue weighted by Gasteiger charge is 2.79. The van der Waals surface area contributed by atoms with Crippen molar-refractivity contribution in [3.8, 4) is 0 Å². The SMILES string of the molecule is C.C.F[C](F)(F)[Al]([C](F)(F)F)[C](F)(F)F.O.O.O.[Al]. The highest BCUT2D eigenvalue weighted by atomic mass is 27.2. The van der Waals surface area contributed by atoms with Crippen LogP contribution in [-0.2, 0) is 0 Å². The zero-order valence-electron chi connectivity index (χ0n) is 7.56. The van der Waals surface area contributed by atoms with Gasteiger partial charge in [0.15, 0.2) is 0 Å². The molecule has 0 aromatic carbocycles. The van der Waals surface area contributed by atoms with E-state index in [1.165, 1.54) is 0 Å². The Labute approximate surface area is 118 Å². The van der Waals surface area contributed by atoms with E-state index in [-0.39, 0.29) is 48.6 Å². The minimum absolute atomic E-state index is 0. The van der Waals surface area contributed by atoms with Crippen molar-refractivity contribution in [2.75, 3.05) is 0 Å². The van der Waals surface area contributed by atoms with Gasteiger partial charge in [0.05, 0.1) is 0 Å². The molecule has 0 heterocycles. The summed E-state index contributed by atoms with van der Waals surface area (Å²) in [6, 6.07) is 0. The van der Waals surface area contributed by atoms with Crippen molar-refractivity contribution in [1.82, 2.24) is 0 Å². The van der Waals surface area contributed by atoms with Crippen LogP contribution in [0.2, 0.25) is 0 Å². The zero-order valence-corrected chi connectivity index (χ0v) is 9.87. The number of halogens is 9. The first-order chi connectivity index (χ1) is 5.37. The molecular weight excluding hydrogens is 333 g/mol. The Kier molecular flexibility index (Phi) is 27.2. The van der Waals surface area contributed by atoms with Crippen molar-refractivity contribution in [2.45, 2.75) is 30.0 Å². The molecule has 0 saturated heterocycles. The summed E-state index contributed by atoms with van der Waals surface area (Å²) in [6.07, 6.45) is 0. The maximum Gasteiger partial charge on any atom is 0.727 e. The Balaban J connectivity index is -0.0000000480. The summed E-state index contributed by atoms with van der Waals surface area (Å²) in [5.41, 5.74) is 0. The molecule has 0 aliphatic rings. The predicted molar refractivity (Wildman–Crippen MR) is 54.0 cm³/mol. The van der Waals surface area contributed by atoms with Crippen molar-refractivity contribution in [3.05, 3.63) is 0 Å². The Morgan fingerprint density at radius 1 is 0.474 bits per heavy atom. The zero-order chi connectivity index (χ0) is 11.1. The van der Waals surface area contributed by atoms with Crippen molar-refractivity contribution >= 4 is 31.5 Å². The third-order valence-corrected chi connectivity index (χ3v) is 2.95. The van der Waals surface area contributed by atoms with Crippen LogP contribution in [0.25, 0.3) is 0 Å². The average molecular weight is 347 g/mol. The van der Waals surface area contributed by atoms with Gasteiger partial charge in [0, 0.05) is 17.4 Å². The van der Waals surface area contributed by atoms with E-state index in [1.807, 2.05) is 0 Å². The van der Waals surface area contributed by atoms with Crippen LogP contribution < -0.4 is 0 Å². The fraction of sp³-hybridized carbons (Fsp3) is 1.00. The molecule has 0 aromatic rings. The van der Waals surface area contributed by atoms with E-state index in [1.54, 1.807) is 0 Å². The van der Waals surface area contributed by atoms with Gasteiger partial charge in [-0.05, 0) is 0 Å². The Morgan fingerprint density at radius 3 is 0.579 bits per heavy atom. The van der Waals surface area contributed by atoms with Crippen LogP contribution in [-0.4, -0.2) is 63.1 Å². The molecule has 19 heavy (non-hydrogen) atoms. The van der Waals surface area contributed by atoms with Crippen molar-refractivity contribution < 1.29 is 55.9 Å². The molecule has 0 aromatic heterocycles. The van der Waals surface area contributed by atoms with Gasteiger partial charge in [-0.25, -0.2) is 0 Å². The van der Waals surface area contributed by atoms with Gasteiger partial charge < -0.3 is 16.4 Å². The van der Waals surface area contributed by atoms with E-state index in [4.69, 9.17) is 0 Å². The number of alkyl halides is 9. The molecule has 6 N–H and O–H groups in total. The van der Waals surface area contributed by atoms with Gasteiger partial charge in [0.1, 0.15) is 0 Å². The lowest BCUT2D eigenvalue weighted by molar-refractivity contribution is -0.151. The minimum atomic E-state index is -6.80. The summed E-state index contributed by atoms with van der Waals surface area (Å²) in [5.74, 6) is 0. The van der Waals surface area contributed by atoms with Gasteiger partial charge in [-0.2, -0.15) is 39.5 Å². The van der Waals surface area contributed by atoms with Gasteiger partial charge in [0.2, 0.25) is 0 Å². The highest BCUT2D eigenvalue weighted by molar-refractivity contribution is 6.65. The van der Waals surface area contributed by atoms with Crippen LogP contribution in [0.15, 0.2) is 0 Å². The van der Waals surface area contributed by atoms with Gasteiger partial charge in [-0.15, -0.1) is 0 Å². The summed E-state index contributed by atoms with van der Waals surface area (Å²) in [6.45, 7) is 0. The largest absolute Gasteiger partial charge is 0.727 e. The normalized spacial score (nSPS) is 9.95. The molecule has 0 atom stereocenters. The molecule has 0 amide bonds. The van der Waals surface area contributed by atoms with Crippen molar-refractivity contribution in [2.24, 2.45) is 0 Å². The Bertz CT molecular complexity index is 156. The average Bonchev–Trinajstić information content (AvgIpc) is 1.44. The van der Waals surface area contributed by atoms with Gasteiger partial charge in [-0.1, -0.05) is 14.9 Å².